The predicted octanol–water partition coefficient (Wildman–Crippen LogP) is 9.55. The SMILES string of the molecule is CCC[N+](CCCCCC(=O)O)(CCC[Si](C)(C)O[Si]1(O[Si](C)(C)CCC[N+](CCCP(=O)(O)O)(CCCP(=O)(O)O)CCCP(=O)(O)O)n2c3c4ccccc4c2N=C2N=C(N=c4c5ccccc5c(n41)=NC1=NC(=N3)c3ccccc31)c1ccccc12)CCCP(=O)(O)O. The van der Waals surface area contributed by atoms with Gasteiger partial charge >= 0.3 is 45.2 Å². The van der Waals surface area contributed by atoms with E-state index in [1.807, 2.05) is 97.1 Å². The minimum atomic E-state index is -4.85. The lowest BCUT2D eigenvalue weighted by Gasteiger charge is -2.44. The van der Waals surface area contributed by atoms with E-state index >= 15 is 0 Å². The summed E-state index contributed by atoms with van der Waals surface area (Å²) >= 11 is 0. The number of hydrogen-bond donors (Lipinski definition) is 9. The van der Waals surface area contributed by atoms with E-state index in [4.69, 9.17) is 38.2 Å². The Morgan fingerprint density at radius 3 is 1.10 bits per heavy atom. The summed E-state index contributed by atoms with van der Waals surface area (Å²) < 4.78 is 71.5. The number of unbranched alkanes of at least 4 members (excludes halogenated alkanes) is 2. The van der Waals surface area contributed by atoms with E-state index < -0.39 is 80.4 Å². The van der Waals surface area contributed by atoms with Crippen molar-refractivity contribution >= 4 is 118 Å². The number of quaternary nitrogens is 2. The van der Waals surface area contributed by atoms with Crippen LogP contribution < -0.4 is 11.0 Å². The maximum absolute atomic E-state index is 12.4. The number of aromatic nitrogens is 2. The Balaban J connectivity index is 1.21. The summed E-state index contributed by atoms with van der Waals surface area (Å²) in [4.78, 5) is 126. The number of benzene rings is 4. The van der Waals surface area contributed by atoms with E-state index in [2.05, 4.69) is 41.6 Å². The Bertz CT molecular complexity index is 4150. The molecule has 9 N–H and O–H groups in total. The van der Waals surface area contributed by atoms with Crippen LogP contribution in [0.2, 0.25) is 38.3 Å². The van der Waals surface area contributed by atoms with E-state index in [-0.39, 0.29) is 62.4 Å². The molecule has 4 aliphatic heterocycles. The lowest BCUT2D eigenvalue weighted by molar-refractivity contribution is -0.928. The molecule has 0 radical (unpaired) electrons. The van der Waals surface area contributed by atoms with Crippen molar-refractivity contribution in [3.8, 4) is 0 Å². The maximum Gasteiger partial charge on any atom is 0.582 e. The van der Waals surface area contributed by atoms with Crippen LogP contribution in [-0.2, 0) is 31.3 Å². The molecule has 2 atom stereocenters. The number of hydrogen-bond acceptors (Lipinski definition) is 13. The van der Waals surface area contributed by atoms with Crippen molar-refractivity contribution in [3.05, 3.63) is 130 Å². The number of carboxylic acids is 1. The van der Waals surface area contributed by atoms with Crippen LogP contribution in [0.4, 0.5) is 11.6 Å². The van der Waals surface area contributed by atoms with Gasteiger partial charge in [0.25, 0.3) is 0 Å². The van der Waals surface area contributed by atoms with Crippen molar-refractivity contribution in [2.45, 2.75) is 116 Å². The van der Waals surface area contributed by atoms with E-state index in [1.165, 1.54) is 0 Å². The Hall–Kier alpha value is -5.20. The first-order chi connectivity index (χ1) is 45.2. The molecule has 0 fully saturated rings. The molecule has 10 rings (SSSR count). The van der Waals surface area contributed by atoms with Gasteiger partial charge in [0, 0.05) is 75.9 Å². The monoisotopic (exact) mass is 1450 g/mol. The van der Waals surface area contributed by atoms with Gasteiger partial charge in [0.05, 0.1) is 77.0 Å². The molecule has 6 bridgehead atoms. The lowest BCUT2D eigenvalue weighted by Crippen LogP contribution is -2.70. The largest absolute Gasteiger partial charge is 0.582 e. The van der Waals surface area contributed by atoms with Crippen molar-refractivity contribution in [1.29, 1.82) is 0 Å². The van der Waals surface area contributed by atoms with Crippen LogP contribution in [0.25, 0.3) is 21.5 Å². The van der Waals surface area contributed by atoms with Crippen LogP contribution in [0.15, 0.2) is 127 Å². The summed E-state index contributed by atoms with van der Waals surface area (Å²) in [7, 11) is -29.4. The molecule has 0 aliphatic carbocycles. The third-order valence-electron chi connectivity index (χ3n) is 18.5. The predicted molar refractivity (Wildman–Crippen MR) is 379 cm³/mol. The van der Waals surface area contributed by atoms with Crippen LogP contribution in [0.1, 0.15) is 99.8 Å². The fourth-order valence-corrected chi connectivity index (χ4v) is 29.1. The number of rotatable bonds is 36. The van der Waals surface area contributed by atoms with Gasteiger partial charge in [-0.3, -0.25) is 31.5 Å². The van der Waals surface area contributed by atoms with Crippen molar-refractivity contribution in [3.63, 3.8) is 0 Å². The van der Waals surface area contributed by atoms with Crippen molar-refractivity contribution in [2.75, 3.05) is 77.0 Å². The van der Waals surface area contributed by atoms with Gasteiger partial charge in [0.15, 0.2) is 40.0 Å². The second-order valence-electron chi connectivity index (χ2n) is 27.2. The summed E-state index contributed by atoms with van der Waals surface area (Å²) in [6.45, 7) is 13.9. The van der Waals surface area contributed by atoms with Crippen molar-refractivity contribution < 1.29 is 84.5 Å². The molecule has 2 aromatic heterocycles. The first-order valence-electron chi connectivity index (χ1n) is 33.0. The van der Waals surface area contributed by atoms with Crippen LogP contribution in [-0.4, -0.2) is 194 Å². The molecular formula is C63H90N10O16P4Si3+2. The zero-order chi connectivity index (χ0) is 69.1. The highest BCUT2D eigenvalue weighted by molar-refractivity contribution is 7.52. The van der Waals surface area contributed by atoms with E-state index in [9.17, 15) is 67.3 Å². The molecule has 6 aromatic rings. The summed E-state index contributed by atoms with van der Waals surface area (Å²) in [6, 6.07) is 32.3. The smallest absolute Gasteiger partial charge is 0.481 e. The third-order valence-corrected chi connectivity index (χ3v) is 33.7. The van der Waals surface area contributed by atoms with Gasteiger partial charge in [0.1, 0.15) is 22.6 Å². The molecular weight excluding hydrogens is 1360 g/mol. The van der Waals surface area contributed by atoms with Gasteiger partial charge in [0.2, 0.25) is 0 Å². The quantitative estimate of drug-likeness (QED) is 0.00765. The van der Waals surface area contributed by atoms with E-state index in [0.717, 1.165) is 41.6 Å². The number of nitrogens with zero attached hydrogens (tertiary/aromatic N) is 10. The summed E-state index contributed by atoms with van der Waals surface area (Å²) in [5, 5.41) is 12.3. The van der Waals surface area contributed by atoms with Crippen LogP contribution in [0.3, 0.4) is 0 Å². The van der Waals surface area contributed by atoms with Gasteiger partial charge in [-0.2, -0.15) is 0 Å². The number of carboxylic acid groups (broad SMARTS) is 1. The van der Waals surface area contributed by atoms with Gasteiger partial charge in [-0.25, -0.2) is 30.0 Å². The highest BCUT2D eigenvalue weighted by atomic mass is 31.2. The minimum absolute atomic E-state index is 0.0252. The zero-order valence-corrected chi connectivity index (χ0v) is 61.6. The van der Waals surface area contributed by atoms with Crippen LogP contribution in [0, 0.1) is 0 Å². The topological polar surface area (TPSA) is 370 Å². The molecule has 4 aliphatic rings. The Kier molecular flexibility index (Phi) is 22.6. The zero-order valence-electron chi connectivity index (χ0n) is 55.1. The number of aliphatic imine (C=N–C) groups is 4. The molecule has 6 heterocycles. The first kappa shape index (κ1) is 73.5. The molecule has 0 spiro atoms. The Morgan fingerprint density at radius 1 is 0.427 bits per heavy atom. The minimum Gasteiger partial charge on any atom is -0.481 e. The standard InChI is InChI=1S/C63H88N10O16P4Si3/c1-6-33-72(35-18-41-90(76,77)78,34-17-7-8-32-55(74)75)39-22-45-94(2,3)88-96(89-95(4,5)46-23-40-73(36-19-42-91(79,80)81,37-20-43-92(82,83)84)38-21-44-93(85,86)87)70-60-51-28-13-14-29-52(51)62(70)68-58-49-26-11-12-27-50(49)59(65-58)69-63-54-31-16-15-30-53(54)61(71(63)96)67-57-48-25-10-9-24-47(48)56(64-57)66-60/h9-16,24-31H,6-8,17-23,32-46H2,1-5H3,(H7-2,74,75,76,77,78,79,80,81,82,83,84,85,86,87)/p+2. The van der Waals surface area contributed by atoms with Crippen LogP contribution in [0.5, 0.6) is 0 Å². The summed E-state index contributed by atoms with van der Waals surface area (Å²) in [5.41, 5.74) is 3.87. The molecule has 26 nitrogen and oxygen atoms in total. The van der Waals surface area contributed by atoms with Crippen LogP contribution >= 0.6 is 30.4 Å². The summed E-state index contributed by atoms with van der Waals surface area (Å²) in [5.74, 6) is 1.61. The van der Waals surface area contributed by atoms with Gasteiger partial charge in [-0.05, 0) is 76.8 Å². The average Bonchev–Trinajstić information content (AvgIpc) is 1.52. The molecule has 33 heteroatoms. The van der Waals surface area contributed by atoms with E-state index in [0.29, 0.717) is 136 Å². The molecule has 4 aromatic carbocycles. The number of fused-ring (bicyclic) bond motifs is 14. The fourth-order valence-electron chi connectivity index (χ4n) is 14.3. The number of amidine groups is 4. The first-order valence-corrected chi connectivity index (χ1v) is 48.1. The normalized spacial score (nSPS) is 17.1. The number of carbonyl (C=O) groups is 1. The highest BCUT2D eigenvalue weighted by Gasteiger charge is 2.58. The molecule has 0 saturated carbocycles. The lowest BCUT2D eigenvalue weighted by atomic mass is 10.1. The fraction of sp³-hybridized carbons (Fsp3) is 0.476. The number of aliphatic carboxylic acids is 1. The maximum atomic E-state index is 12.4. The molecule has 0 saturated heterocycles. The Morgan fingerprint density at radius 2 is 0.750 bits per heavy atom. The third kappa shape index (κ3) is 17.9. The molecule has 2 unspecified atom stereocenters. The van der Waals surface area contributed by atoms with Gasteiger partial charge < -0.3 is 61.5 Å². The summed E-state index contributed by atoms with van der Waals surface area (Å²) in [6.07, 6.45) is 2.47. The van der Waals surface area contributed by atoms with E-state index in [1.54, 1.807) is 0 Å². The van der Waals surface area contributed by atoms with Crippen molar-refractivity contribution in [2.24, 2.45) is 30.0 Å². The van der Waals surface area contributed by atoms with Gasteiger partial charge in [-0.15, -0.1) is 0 Å². The Labute approximate surface area is 561 Å². The highest BCUT2D eigenvalue weighted by Crippen LogP contribution is 2.46. The molecule has 0 amide bonds. The van der Waals surface area contributed by atoms with Gasteiger partial charge in [-0.1, -0.05) is 104 Å². The molecule has 96 heavy (non-hydrogen) atoms. The second kappa shape index (κ2) is 29.6. The average molecular weight is 1450 g/mol. The second-order valence-corrected chi connectivity index (χ2v) is 46.0. The molecule has 518 valence electrons. The van der Waals surface area contributed by atoms with Crippen molar-refractivity contribution in [1.82, 2.24) is 8.47 Å².